The number of thioether (sulfide) groups is 1. The van der Waals surface area contributed by atoms with Gasteiger partial charge in [0, 0.05) is 10.2 Å². The van der Waals surface area contributed by atoms with Gasteiger partial charge in [0.2, 0.25) is 5.91 Å². The first kappa shape index (κ1) is 12.1. The predicted molar refractivity (Wildman–Crippen MR) is 67.1 cm³/mol. The van der Waals surface area contributed by atoms with E-state index in [4.69, 9.17) is 11.1 Å². The molecule has 0 bridgehead atoms. The second-order valence-corrected chi connectivity index (χ2v) is 4.64. The molecule has 1 rings (SSSR count). The van der Waals surface area contributed by atoms with E-state index in [-0.39, 0.29) is 16.8 Å². The van der Waals surface area contributed by atoms with Crippen molar-refractivity contribution >= 4 is 44.5 Å². The summed E-state index contributed by atoms with van der Waals surface area (Å²) in [5.41, 5.74) is 5.84. The quantitative estimate of drug-likeness (QED) is 0.588. The van der Waals surface area contributed by atoms with E-state index in [1.54, 1.807) is 12.1 Å². The smallest absolute Gasteiger partial charge is 0.234 e. The number of hydrogen-bond donors (Lipinski definition) is 3. The zero-order valence-corrected chi connectivity index (χ0v) is 10.2. The summed E-state index contributed by atoms with van der Waals surface area (Å²) in [6.07, 6.45) is 0. The Morgan fingerprint density at radius 2 is 2.33 bits per heavy atom. The first-order chi connectivity index (χ1) is 7.08. The van der Waals surface area contributed by atoms with Crippen molar-refractivity contribution < 1.29 is 4.79 Å². The highest BCUT2D eigenvalue weighted by atomic mass is 79.9. The highest BCUT2D eigenvalue weighted by molar-refractivity contribution is 9.10. The van der Waals surface area contributed by atoms with E-state index >= 15 is 0 Å². The molecule has 0 heterocycles. The lowest BCUT2D eigenvalue weighted by atomic mass is 10.3. The van der Waals surface area contributed by atoms with Crippen molar-refractivity contribution in [1.82, 2.24) is 0 Å². The molecule has 1 aromatic rings. The van der Waals surface area contributed by atoms with Crippen LogP contribution in [0.3, 0.4) is 0 Å². The van der Waals surface area contributed by atoms with Crippen molar-refractivity contribution in [3.8, 4) is 0 Å². The Kier molecular flexibility index (Phi) is 4.64. The minimum Gasteiger partial charge on any atom is -0.379 e. The van der Waals surface area contributed by atoms with Crippen LogP contribution in [-0.2, 0) is 4.79 Å². The van der Waals surface area contributed by atoms with Gasteiger partial charge in [0.25, 0.3) is 0 Å². The number of rotatable bonds is 3. The monoisotopic (exact) mass is 287 g/mol. The molecule has 0 aliphatic carbocycles. The second-order valence-electron chi connectivity index (χ2n) is 2.71. The summed E-state index contributed by atoms with van der Waals surface area (Å²) in [4.78, 5) is 11.3. The Bertz CT molecular complexity index is 383. The number of benzene rings is 1. The summed E-state index contributed by atoms with van der Waals surface area (Å²) in [6, 6.07) is 7.30. The molecule has 0 unspecified atom stereocenters. The topological polar surface area (TPSA) is 79.0 Å². The second kappa shape index (κ2) is 5.77. The molecule has 0 radical (unpaired) electrons. The molecule has 1 amide bonds. The van der Waals surface area contributed by atoms with Crippen LogP contribution in [0.4, 0.5) is 5.69 Å². The van der Waals surface area contributed by atoms with Crippen LogP contribution in [0.25, 0.3) is 0 Å². The van der Waals surface area contributed by atoms with Gasteiger partial charge in [0.05, 0.1) is 5.75 Å². The maximum absolute atomic E-state index is 11.3. The van der Waals surface area contributed by atoms with E-state index in [2.05, 4.69) is 21.2 Å². The molecule has 0 aliphatic heterocycles. The molecule has 0 aromatic heterocycles. The minimum atomic E-state index is -0.173. The van der Waals surface area contributed by atoms with Gasteiger partial charge in [-0.05, 0) is 18.2 Å². The molecule has 0 atom stereocenters. The van der Waals surface area contributed by atoms with Crippen molar-refractivity contribution in [1.29, 1.82) is 5.41 Å². The molecule has 15 heavy (non-hydrogen) atoms. The van der Waals surface area contributed by atoms with Crippen LogP contribution in [0.5, 0.6) is 0 Å². The van der Waals surface area contributed by atoms with Crippen LogP contribution in [0.15, 0.2) is 28.7 Å². The van der Waals surface area contributed by atoms with Crippen molar-refractivity contribution in [3.05, 3.63) is 28.7 Å². The normalized spacial score (nSPS) is 9.67. The molecular weight excluding hydrogens is 278 g/mol. The summed E-state index contributed by atoms with van der Waals surface area (Å²) in [5.74, 6) is -0.0183. The summed E-state index contributed by atoms with van der Waals surface area (Å²) in [5, 5.41) is 9.59. The lowest BCUT2D eigenvalue weighted by molar-refractivity contribution is -0.113. The Balaban J connectivity index is 2.48. The van der Waals surface area contributed by atoms with E-state index in [0.29, 0.717) is 0 Å². The van der Waals surface area contributed by atoms with Gasteiger partial charge in [-0.15, -0.1) is 0 Å². The SMILES string of the molecule is N=C(N)SCC(=O)Nc1cccc(Br)c1. The Morgan fingerprint density at radius 3 is 2.93 bits per heavy atom. The van der Waals surface area contributed by atoms with E-state index in [1.165, 1.54) is 0 Å². The molecule has 0 spiro atoms. The Hall–Kier alpha value is -1.01. The van der Waals surface area contributed by atoms with E-state index in [0.717, 1.165) is 21.9 Å². The molecule has 80 valence electrons. The minimum absolute atomic E-state index is 0.0561. The van der Waals surface area contributed by atoms with Crippen molar-refractivity contribution in [2.24, 2.45) is 5.73 Å². The maximum atomic E-state index is 11.3. The third-order valence-corrected chi connectivity index (χ3v) is 2.68. The maximum Gasteiger partial charge on any atom is 0.234 e. The summed E-state index contributed by atoms with van der Waals surface area (Å²) in [7, 11) is 0. The number of anilines is 1. The zero-order valence-electron chi connectivity index (χ0n) is 7.79. The van der Waals surface area contributed by atoms with Crippen LogP contribution >= 0.6 is 27.7 Å². The predicted octanol–water partition coefficient (Wildman–Crippen LogP) is 2.01. The molecule has 4 nitrogen and oxygen atoms in total. The number of carbonyl (C=O) groups excluding carboxylic acids is 1. The lowest BCUT2D eigenvalue weighted by Gasteiger charge is -2.04. The number of nitrogens with two attached hydrogens (primary N) is 1. The molecule has 1 aromatic carbocycles. The zero-order chi connectivity index (χ0) is 11.3. The highest BCUT2D eigenvalue weighted by Crippen LogP contribution is 2.15. The Morgan fingerprint density at radius 1 is 1.60 bits per heavy atom. The fourth-order valence-corrected chi connectivity index (χ4v) is 1.66. The average molecular weight is 288 g/mol. The summed E-state index contributed by atoms with van der Waals surface area (Å²) < 4.78 is 0.902. The van der Waals surface area contributed by atoms with Gasteiger partial charge in [0.1, 0.15) is 0 Å². The third-order valence-electron chi connectivity index (χ3n) is 1.47. The number of amides is 1. The van der Waals surface area contributed by atoms with Crippen LogP contribution < -0.4 is 11.1 Å². The van der Waals surface area contributed by atoms with Gasteiger partial charge in [0.15, 0.2) is 5.17 Å². The summed E-state index contributed by atoms with van der Waals surface area (Å²) >= 11 is 4.30. The molecule has 0 saturated carbocycles. The van der Waals surface area contributed by atoms with E-state index in [1.807, 2.05) is 12.1 Å². The first-order valence-electron chi connectivity index (χ1n) is 4.10. The van der Waals surface area contributed by atoms with Gasteiger partial charge < -0.3 is 11.1 Å². The molecule has 0 aliphatic rings. The molecule has 0 saturated heterocycles. The van der Waals surface area contributed by atoms with Crippen molar-refractivity contribution in [3.63, 3.8) is 0 Å². The average Bonchev–Trinajstić information content (AvgIpc) is 2.15. The third kappa shape index (κ3) is 4.85. The highest BCUT2D eigenvalue weighted by Gasteiger charge is 2.03. The van der Waals surface area contributed by atoms with Gasteiger partial charge in [-0.1, -0.05) is 33.8 Å². The largest absolute Gasteiger partial charge is 0.379 e. The first-order valence-corrected chi connectivity index (χ1v) is 5.88. The van der Waals surface area contributed by atoms with Crippen LogP contribution in [0.1, 0.15) is 0 Å². The standard InChI is InChI=1S/C9H10BrN3OS/c10-6-2-1-3-7(4-6)13-8(14)5-15-9(11)12/h1-4H,5H2,(H3,11,12)(H,13,14). The fraction of sp³-hybridized carbons (Fsp3) is 0.111. The van der Waals surface area contributed by atoms with Crippen LogP contribution in [-0.4, -0.2) is 16.8 Å². The number of halogens is 1. The molecular formula is C9H10BrN3OS. The van der Waals surface area contributed by atoms with Crippen LogP contribution in [0.2, 0.25) is 0 Å². The van der Waals surface area contributed by atoms with Gasteiger partial charge >= 0.3 is 0 Å². The van der Waals surface area contributed by atoms with E-state index < -0.39 is 0 Å². The lowest BCUT2D eigenvalue weighted by Crippen LogP contribution is -2.17. The van der Waals surface area contributed by atoms with E-state index in [9.17, 15) is 4.79 Å². The van der Waals surface area contributed by atoms with Crippen molar-refractivity contribution in [2.75, 3.05) is 11.1 Å². The number of hydrogen-bond acceptors (Lipinski definition) is 3. The number of carbonyl (C=O) groups is 1. The van der Waals surface area contributed by atoms with Crippen LogP contribution in [0, 0.1) is 5.41 Å². The Labute approximate surface area is 100 Å². The van der Waals surface area contributed by atoms with Gasteiger partial charge in [-0.2, -0.15) is 0 Å². The molecule has 6 heteroatoms. The number of amidine groups is 1. The number of nitrogens with one attached hydrogen (secondary N) is 2. The molecule has 4 N–H and O–H groups in total. The summed E-state index contributed by atoms with van der Waals surface area (Å²) in [6.45, 7) is 0. The van der Waals surface area contributed by atoms with Crippen molar-refractivity contribution in [2.45, 2.75) is 0 Å². The van der Waals surface area contributed by atoms with Gasteiger partial charge in [-0.25, -0.2) is 0 Å². The molecule has 0 fully saturated rings. The van der Waals surface area contributed by atoms with Gasteiger partial charge in [-0.3, -0.25) is 10.2 Å². The fourth-order valence-electron chi connectivity index (χ4n) is 0.907.